The highest BCUT2D eigenvalue weighted by molar-refractivity contribution is 5.67. The Balaban J connectivity index is 1.81. The van der Waals surface area contributed by atoms with Gasteiger partial charge in [0.1, 0.15) is 0 Å². The number of hydrogen-bond donors (Lipinski definition) is 0. The van der Waals surface area contributed by atoms with E-state index in [1.165, 1.54) is 0 Å². The molecule has 0 atom stereocenters. The number of rotatable bonds is 4. The summed E-state index contributed by atoms with van der Waals surface area (Å²) in [6.45, 7) is 1.92. The normalized spacial score (nSPS) is 17.7. The topological polar surface area (TPSA) is 0 Å². The lowest BCUT2D eigenvalue weighted by Crippen LogP contribution is -2.23. The Labute approximate surface area is 151 Å². The molecule has 0 heterocycles. The van der Waals surface area contributed by atoms with E-state index in [1.807, 2.05) is 19.1 Å². The van der Waals surface area contributed by atoms with E-state index < -0.39 is 17.6 Å². The summed E-state index contributed by atoms with van der Waals surface area (Å²) in [5, 5.41) is 0. The minimum atomic E-state index is -2.55. The Bertz CT molecular complexity index is 781. The van der Waals surface area contributed by atoms with Gasteiger partial charge in [-0.1, -0.05) is 55.5 Å². The standard InChI is InChI=1S/C22H22F4/c1-2-3-4-18-9-10-19(21(24)20(18)23)17-7-5-15(6-8-17)16-11-13-22(25,26)14-12-16/h3-10,16H,2,11-14H2,1H3/b4-3+. The summed E-state index contributed by atoms with van der Waals surface area (Å²) in [5.41, 5.74) is 2.00. The van der Waals surface area contributed by atoms with Crippen molar-refractivity contribution in [3.63, 3.8) is 0 Å². The van der Waals surface area contributed by atoms with Crippen molar-refractivity contribution in [2.75, 3.05) is 0 Å². The molecular formula is C22H22F4. The van der Waals surface area contributed by atoms with Gasteiger partial charge in [0.15, 0.2) is 11.6 Å². The second-order valence-corrected chi connectivity index (χ2v) is 6.89. The minimum Gasteiger partial charge on any atom is -0.207 e. The van der Waals surface area contributed by atoms with Crippen molar-refractivity contribution in [1.29, 1.82) is 0 Å². The molecule has 0 aliphatic heterocycles. The average molecular weight is 362 g/mol. The zero-order valence-corrected chi connectivity index (χ0v) is 14.7. The van der Waals surface area contributed by atoms with Crippen molar-refractivity contribution in [3.05, 3.63) is 65.2 Å². The quantitative estimate of drug-likeness (QED) is 0.499. The van der Waals surface area contributed by atoms with Crippen molar-refractivity contribution in [3.8, 4) is 11.1 Å². The van der Waals surface area contributed by atoms with Crippen LogP contribution < -0.4 is 0 Å². The smallest absolute Gasteiger partial charge is 0.207 e. The van der Waals surface area contributed by atoms with Gasteiger partial charge in [0.25, 0.3) is 0 Å². The summed E-state index contributed by atoms with van der Waals surface area (Å²) >= 11 is 0. The second kappa shape index (κ2) is 7.65. The molecule has 2 aromatic carbocycles. The first-order valence-electron chi connectivity index (χ1n) is 9.04. The lowest BCUT2D eigenvalue weighted by Gasteiger charge is -2.28. The first-order valence-corrected chi connectivity index (χ1v) is 9.04. The van der Waals surface area contributed by atoms with Crippen LogP contribution in [-0.2, 0) is 0 Å². The number of alkyl halides is 2. The van der Waals surface area contributed by atoms with Crippen molar-refractivity contribution in [1.82, 2.24) is 0 Å². The Kier molecular flexibility index (Phi) is 5.49. The number of allylic oxidation sites excluding steroid dienone is 1. The van der Waals surface area contributed by atoms with Crippen LogP contribution in [0.15, 0.2) is 42.5 Å². The van der Waals surface area contributed by atoms with Gasteiger partial charge in [-0.05, 0) is 36.3 Å². The van der Waals surface area contributed by atoms with Crippen LogP contribution in [0.25, 0.3) is 17.2 Å². The molecule has 0 unspecified atom stereocenters. The average Bonchev–Trinajstić information content (AvgIpc) is 2.63. The molecule has 2 aromatic rings. The summed E-state index contributed by atoms with van der Waals surface area (Å²) in [7, 11) is 0. The van der Waals surface area contributed by atoms with E-state index in [0.717, 1.165) is 12.0 Å². The zero-order valence-electron chi connectivity index (χ0n) is 14.7. The fraction of sp³-hybridized carbons (Fsp3) is 0.364. The molecule has 0 amide bonds. The van der Waals surface area contributed by atoms with Crippen LogP contribution in [0.3, 0.4) is 0 Å². The van der Waals surface area contributed by atoms with Crippen LogP contribution in [0.4, 0.5) is 17.6 Å². The first kappa shape index (κ1) is 18.7. The molecule has 0 nitrogen and oxygen atoms in total. The monoisotopic (exact) mass is 362 g/mol. The molecule has 26 heavy (non-hydrogen) atoms. The van der Waals surface area contributed by atoms with Crippen LogP contribution >= 0.6 is 0 Å². The van der Waals surface area contributed by atoms with Crippen LogP contribution in [0.5, 0.6) is 0 Å². The van der Waals surface area contributed by atoms with Crippen molar-refractivity contribution >= 4 is 6.08 Å². The molecule has 4 heteroatoms. The molecular weight excluding hydrogens is 340 g/mol. The Morgan fingerprint density at radius 1 is 0.962 bits per heavy atom. The van der Waals surface area contributed by atoms with Gasteiger partial charge in [0.2, 0.25) is 5.92 Å². The number of benzene rings is 2. The van der Waals surface area contributed by atoms with E-state index in [9.17, 15) is 17.6 Å². The van der Waals surface area contributed by atoms with Crippen molar-refractivity contribution in [2.24, 2.45) is 0 Å². The van der Waals surface area contributed by atoms with Crippen LogP contribution in [0, 0.1) is 11.6 Å². The predicted octanol–water partition coefficient (Wildman–Crippen LogP) is 7.35. The van der Waals surface area contributed by atoms with Crippen LogP contribution in [0.1, 0.15) is 56.1 Å². The van der Waals surface area contributed by atoms with Gasteiger partial charge in [-0.15, -0.1) is 0 Å². The van der Waals surface area contributed by atoms with Gasteiger partial charge in [-0.25, -0.2) is 17.6 Å². The second-order valence-electron chi connectivity index (χ2n) is 6.89. The Hall–Kier alpha value is -2.10. The number of halogens is 4. The fourth-order valence-corrected chi connectivity index (χ4v) is 3.47. The van der Waals surface area contributed by atoms with Crippen molar-refractivity contribution in [2.45, 2.75) is 50.9 Å². The molecule has 3 rings (SSSR count). The molecule has 1 aliphatic carbocycles. The number of hydrogen-bond acceptors (Lipinski definition) is 0. The van der Waals surface area contributed by atoms with Crippen LogP contribution in [0.2, 0.25) is 0 Å². The van der Waals surface area contributed by atoms with E-state index in [-0.39, 0.29) is 29.9 Å². The van der Waals surface area contributed by atoms with E-state index in [2.05, 4.69) is 0 Å². The maximum atomic E-state index is 14.4. The summed E-state index contributed by atoms with van der Waals surface area (Å²) in [6, 6.07) is 10.3. The molecule has 0 aromatic heterocycles. The first-order chi connectivity index (χ1) is 12.4. The summed E-state index contributed by atoms with van der Waals surface area (Å²) in [4.78, 5) is 0. The predicted molar refractivity (Wildman–Crippen MR) is 97.3 cm³/mol. The highest BCUT2D eigenvalue weighted by Gasteiger charge is 2.35. The van der Waals surface area contributed by atoms with E-state index in [0.29, 0.717) is 18.4 Å². The molecule has 1 saturated carbocycles. The van der Waals surface area contributed by atoms with Gasteiger partial charge < -0.3 is 0 Å². The highest BCUT2D eigenvalue weighted by atomic mass is 19.3. The summed E-state index contributed by atoms with van der Waals surface area (Å²) in [5.74, 6) is -4.17. The summed E-state index contributed by atoms with van der Waals surface area (Å²) in [6.07, 6.45) is 4.82. The molecule has 1 fully saturated rings. The maximum Gasteiger partial charge on any atom is 0.248 e. The van der Waals surface area contributed by atoms with Gasteiger partial charge in [-0.3, -0.25) is 0 Å². The third-order valence-electron chi connectivity index (χ3n) is 5.06. The Morgan fingerprint density at radius 3 is 2.23 bits per heavy atom. The van der Waals surface area contributed by atoms with E-state index in [1.54, 1.807) is 36.4 Å². The zero-order chi connectivity index (χ0) is 18.7. The Morgan fingerprint density at radius 2 is 1.62 bits per heavy atom. The lowest BCUT2D eigenvalue weighted by atomic mass is 9.82. The van der Waals surface area contributed by atoms with Crippen LogP contribution in [-0.4, -0.2) is 5.92 Å². The molecule has 138 valence electrons. The maximum absolute atomic E-state index is 14.4. The van der Waals surface area contributed by atoms with Gasteiger partial charge in [-0.2, -0.15) is 0 Å². The summed E-state index contributed by atoms with van der Waals surface area (Å²) < 4.78 is 55.2. The third kappa shape index (κ3) is 4.00. The molecule has 0 bridgehead atoms. The third-order valence-corrected chi connectivity index (χ3v) is 5.06. The molecule has 0 spiro atoms. The highest BCUT2D eigenvalue weighted by Crippen LogP contribution is 2.41. The van der Waals surface area contributed by atoms with E-state index >= 15 is 0 Å². The van der Waals surface area contributed by atoms with Gasteiger partial charge in [0.05, 0.1) is 0 Å². The SMILES string of the molecule is CC/C=C/c1ccc(-c2ccc(C3CCC(F)(F)CC3)cc2)c(F)c1F. The minimum absolute atomic E-state index is 0.0913. The fourth-order valence-electron chi connectivity index (χ4n) is 3.47. The van der Waals surface area contributed by atoms with Gasteiger partial charge >= 0.3 is 0 Å². The van der Waals surface area contributed by atoms with Crippen molar-refractivity contribution < 1.29 is 17.6 Å². The molecule has 0 saturated heterocycles. The largest absolute Gasteiger partial charge is 0.248 e. The van der Waals surface area contributed by atoms with Gasteiger partial charge in [0, 0.05) is 24.0 Å². The molecule has 0 N–H and O–H groups in total. The molecule has 0 radical (unpaired) electrons. The molecule has 1 aliphatic rings. The lowest BCUT2D eigenvalue weighted by molar-refractivity contribution is -0.0382. The van der Waals surface area contributed by atoms with E-state index in [4.69, 9.17) is 0 Å².